The molecule has 0 aliphatic rings. The minimum atomic E-state index is 0.116. The Morgan fingerprint density at radius 3 is 2.60 bits per heavy atom. The summed E-state index contributed by atoms with van der Waals surface area (Å²) in [6.45, 7) is 2.64. The van der Waals surface area contributed by atoms with Crippen LogP contribution in [-0.4, -0.2) is 6.61 Å². The summed E-state index contributed by atoms with van der Waals surface area (Å²) in [5, 5.41) is 0. The summed E-state index contributed by atoms with van der Waals surface area (Å²) in [4.78, 5) is 0. The van der Waals surface area contributed by atoms with Crippen molar-refractivity contribution in [1.29, 1.82) is 0 Å². The smallest absolute Gasteiger partial charge is 0.119 e. The molecular weight excluding hydrogens is 186 g/mol. The normalized spacial score (nSPS) is 11.8. The molecule has 0 unspecified atom stereocenters. The molecule has 80 valence electrons. The molecule has 0 aromatic heterocycles. The number of ether oxygens (including phenoxy) is 1. The molecule has 0 saturated heterocycles. The van der Waals surface area contributed by atoms with Crippen LogP contribution in [0.4, 0.5) is 0 Å². The van der Waals surface area contributed by atoms with Gasteiger partial charge >= 0.3 is 0 Å². The van der Waals surface area contributed by atoms with Crippen molar-refractivity contribution in [1.82, 2.24) is 0 Å². The van der Waals surface area contributed by atoms with E-state index in [4.69, 9.17) is 16.9 Å². The third-order valence-corrected chi connectivity index (χ3v) is 2.26. The van der Waals surface area contributed by atoms with E-state index in [0.717, 1.165) is 17.7 Å². The van der Waals surface area contributed by atoms with E-state index in [2.05, 4.69) is 12.8 Å². The van der Waals surface area contributed by atoms with E-state index in [1.54, 1.807) is 0 Å². The lowest BCUT2D eigenvalue weighted by molar-refractivity contribution is 0.327. The highest BCUT2D eigenvalue weighted by Crippen LogP contribution is 2.18. The van der Waals surface area contributed by atoms with Crippen molar-refractivity contribution in [2.75, 3.05) is 6.61 Å². The standard InChI is InChI=1S/C13H17NO/c1-3-5-10-15-12-8-6-11(7-9-12)13(14)4-2/h1,6-9,13H,4-5,10,14H2,2H3/t13-/m0/s1. The Kier molecular flexibility index (Phi) is 4.73. The zero-order valence-corrected chi connectivity index (χ0v) is 9.07. The Morgan fingerprint density at radius 2 is 2.07 bits per heavy atom. The van der Waals surface area contributed by atoms with E-state index in [0.29, 0.717) is 13.0 Å². The lowest BCUT2D eigenvalue weighted by Crippen LogP contribution is -2.08. The van der Waals surface area contributed by atoms with Gasteiger partial charge in [0.1, 0.15) is 5.75 Å². The number of hydrogen-bond acceptors (Lipinski definition) is 2. The van der Waals surface area contributed by atoms with Crippen LogP contribution in [0.5, 0.6) is 5.75 Å². The minimum Gasteiger partial charge on any atom is -0.493 e. The fourth-order valence-electron chi connectivity index (χ4n) is 1.27. The Balaban J connectivity index is 2.53. The molecule has 0 aliphatic heterocycles. The summed E-state index contributed by atoms with van der Waals surface area (Å²) in [6.07, 6.45) is 6.70. The van der Waals surface area contributed by atoms with Gasteiger partial charge in [-0.3, -0.25) is 0 Å². The predicted molar refractivity (Wildman–Crippen MR) is 62.6 cm³/mol. The monoisotopic (exact) mass is 203 g/mol. The first-order chi connectivity index (χ1) is 7.27. The number of benzene rings is 1. The van der Waals surface area contributed by atoms with Crippen molar-refractivity contribution in [2.24, 2.45) is 5.73 Å². The fourth-order valence-corrected chi connectivity index (χ4v) is 1.27. The predicted octanol–water partition coefficient (Wildman–Crippen LogP) is 2.50. The lowest BCUT2D eigenvalue weighted by atomic mass is 10.1. The van der Waals surface area contributed by atoms with Crippen LogP contribution in [0, 0.1) is 12.3 Å². The molecule has 0 saturated carbocycles. The third-order valence-electron chi connectivity index (χ3n) is 2.26. The molecular formula is C13H17NO. The Bertz CT molecular complexity index is 323. The molecule has 1 atom stereocenters. The topological polar surface area (TPSA) is 35.2 Å². The van der Waals surface area contributed by atoms with Gasteiger partial charge in [0.05, 0.1) is 6.61 Å². The highest BCUT2D eigenvalue weighted by Gasteiger charge is 2.02. The molecule has 0 bridgehead atoms. The van der Waals surface area contributed by atoms with Crippen molar-refractivity contribution >= 4 is 0 Å². The van der Waals surface area contributed by atoms with E-state index in [1.807, 2.05) is 24.3 Å². The summed E-state index contributed by atoms with van der Waals surface area (Å²) in [7, 11) is 0. The average molecular weight is 203 g/mol. The highest BCUT2D eigenvalue weighted by atomic mass is 16.5. The van der Waals surface area contributed by atoms with Crippen LogP contribution in [0.1, 0.15) is 31.4 Å². The first-order valence-corrected chi connectivity index (χ1v) is 5.19. The largest absolute Gasteiger partial charge is 0.493 e. The van der Waals surface area contributed by atoms with Gasteiger partial charge in [-0.05, 0) is 24.1 Å². The maximum atomic E-state index is 5.90. The zero-order valence-electron chi connectivity index (χ0n) is 9.07. The molecule has 1 aromatic carbocycles. The van der Waals surface area contributed by atoms with Crippen LogP contribution in [0.15, 0.2) is 24.3 Å². The zero-order chi connectivity index (χ0) is 11.1. The Hall–Kier alpha value is -1.46. The summed E-state index contributed by atoms with van der Waals surface area (Å²) in [5.74, 6) is 3.38. The third kappa shape index (κ3) is 3.65. The molecule has 0 spiro atoms. The highest BCUT2D eigenvalue weighted by molar-refractivity contribution is 5.28. The number of rotatable bonds is 5. The first kappa shape index (κ1) is 11.6. The lowest BCUT2D eigenvalue weighted by Gasteiger charge is -2.10. The molecule has 0 amide bonds. The summed E-state index contributed by atoms with van der Waals surface area (Å²) >= 11 is 0. The molecule has 1 aromatic rings. The number of nitrogens with two attached hydrogens (primary N) is 1. The van der Waals surface area contributed by atoms with Gasteiger partial charge in [-0.2, -0.15) is 0 Å². The van der Waals surface area contributed by atoms with Gasteiger partial charge in [0.25, 0.3) is 0 Å². The van der Waals surface area contributed by atoms with Crippen molar-refractivity contribution in [3.63, 3.8) is 0 Å². The number of terminal acetylenes is 1. The van der Waals surface area contributed by atoms with E-state index in [-0.39, 0.29) is 6.04 Å². The van der Waals surface area contributed by atoms with Gasteiger partial charge in [0, 0.05) is 12.5 Å². The van der Waals surface area contributed by atoms with Crippen LogP contribution in [-0.2, 0) is 0 Å². The van der Waals surface area contributed by atoms with Crippen molar-refractivity contribution in [3.8, 4) is 18.1 Å². The quantitative estimate of drug-likeness (QED) is 0.589. The van der Waals surface area contributed by atoms with Gasteiger partial charge in [0.2, 0.25) is 0 Å². The second-order valence-electron chi connectivity index (χ2n) is 3.39. The van der Waals surface area contributed by atoms with Crippen molar-refractivity contribution < 1.29 is 4.74 Å². The van der Waals surface area contributed by atoms with Crippen molar-refractivity contribution in [2.45, 2.75) is 25.8 Å². The Labute approximate surface area is 91.4 Å². The molecule has 0 radical (unpaired) electrons. The molecule has 2 heteroatoms. The first-order valence-electron chi connectivity index (χ1n) is 5.19. The van der Waals surface area contributed by atoms with Crippen LogP contribution < -0.4 is 10.5 Å². The van der Waals surface area contributed by atoms with E-state index in [9.17, 15) is 0 Å². The molecule has 15 heavy (non-hydrogen) atoms. The van der Waals surface area contributed by atoms with Gasteiger partial charge in [-0.15, -0.1) is 12.3 Å². The molecule has 0 heterocycles. The van der Waals surface area contributed by atoms with Gasteiger partial charge < -0.3 is 10.5 Å². The average Bonchev–Trinajstić information content (AvgIpc) is 2.29. The van der Waals surface area contributed by atoms with Crippen LogP contribution in [0.2, 0.25) is 0 Å². The SMILES string of the molecule is C#CCCOc1ccc([C@@H](N)CC)cc1. The van der Waals surface area contributed by atoms with Crippen LogP contribution in [0.3, 0.4) is 0 Å². The van der Waals surface area contributed by atoms with Crippen LogP contribution >= 0.6 is 0 Å². The minimum absolute atomic E-state index is 0.116. The summed E-state index contributed by atoms with van der Waals surface area (Å²) in [6, 6.07) is 7.98. The van der Waals surface area contributed by atoms with Gasteiger partial charge in [-0.25, -0.2) is 0 Å². The molecule has 2 nitrogen and oxygen atoms in total. The van der Waals surface area contributed by atoms with E-state index < -0.39 is 0 Å². The second-order valence-corrected chi connectivity index (χ2v) is 3.39. The van der Waals surface area contributed by atoms with E-state index in [1.165, 1.54) is 0 Å². The van der Waals surface area contributed by atoms with E-state index >= 15 is 0 Å². The van der Waals surface area contributed by atoms with Crippen molar-refractivity contribution in [3.05, 3.63) is 29.8 Å². The number of hydrogen-bond donors (Lipinski definition) is 1. The molecule has 0 aliphatic carbocycles. The molecule has 2 N–H and O–H groups in total. The van der Waals surface area contributed by atoms with Crippen LogP contribution in [0.25, 0.3) is 0 Å². The Morgan fingerprint density at radius 1 is 1.40 bits per heavy atom. The van der Waals surface area contributed by atoms with Gasteiger partial charge in [0.15, 0.2) is 0 Å². The maximum absolute atomic E-state index is 5.90. The van der Waals surface area contributed by atoms with Gasteiger partial charge in [-0.1, -0.05) is 19.1 Å². The summed E-state index contributed by atoms with van der Waals surface area (Å²) in [5.41, 5.74) is 7.04. The fraction of sp³-hybridized carbons (Fsp3) is 0.385. The molecule has 0 fully saturated rings. The molecule has 1 rings (SSSR count). The maximum Gasteiger partial charge on any atom is 0.119 e. The summed E-state index contributed by atoms with van der Waals surface area (Å²) < 4.78 is 5.43. The second kappa shape index (κ2) is 6.10.